The number of Topliss-reactive ketones (excluding diaryl/α,β-unsaturated/α-hetero) is 1. The lowest BCUT2D eigenvalue weighted by Crippen LogP contribution is -2.39. The monoisotopic (exact) mass is 451 g/mol. The summed E-state index contributed by atoms with van der Waals surface area (Å²) in [5.74, 6) is -2.09. The molecule has 0 spiro atoms. The molecule has 0 saturated heterocycles. The highest BCUT2D eigenvalue weighted by Gasteiger charge is 2.45. The molecular formula is C22H20F3NO6. The number of nitrogens with one attached hydrogen (secondary N) is 1. The Kier molecular flexibility index (Phi) is 6.33. The van der Waals surface area contributed by atoms with Crippen LogP contribution in [-0.2, 0) is 4.79 Å². The third-order valence-corrected chi connectivity index (χ3v) is 4.92. The van der Waals surface area contributed by atoms with E-state index in [0.29, 0.717) is 11.3 Å². The summed E-state index contributed by atoms with van der Waals surface area (Å²) in [5, 5.41) is 1.91. The summed E-state index contributed by atoms with van der Waals surface area (Å²) in [6.45, 7) is 0. The van der Waals surface area contributed by atoms with Gasteiger partial charge in [-0.15, -0.1) is 0 Å². The first-order chi connectivity index (χ1) is 15.2. The number of hydrogen-bond acceptors (Lipinski definition) is 6. The molecule has 7 nitrogen and oxygen atoms in total. The van der Waals surface area contributed by atoms with E-state index in [2.05, 4.69) is 0 Å². The van der Waals surface area contributed by atoms with Gasteiger partial charge in [0.1, 0.15) is 5.75 Å². The van der Waals surface area contributed by atoms with Crippen molar-refractivity contribution < 1.29 is 41.7 Å². The van der Waals surface area contributed by atoms with E-state index in [1.54, 1.807) is 24.3 Å². The number of alkyl halides is 3. The summed E-state index contributed by atoms with van der Waals surface area (Å²) in [5.41, 5.74) is 0.479. The predicted molar refractivity (Wildman–Crippen MR) is 108 cm³/mol. The number of carbonyl (C=O) groups excluding carboxylic acids is 2. The SMILES string of the molecule is COc1cccc(/C=C2/C(=O)c3c(cc(OC)c(OC)c3OC)C2NC(=O)C(F)(F)F)c1. The van der Waals surface area contributed by atoms with Crippen molar-refractivity contribution in [2.24, 2.45) is 0 Å². The lowest BCUT2D eigenvalue weighted by molar-refractivity contribution is -0.174. The summed E-state index contributed by atoms with van der Waals surface area (Å²) in [6.07, 6.45) is -3.75. The highest BCUT2D eigenvalue weighted by Crippen LogP contribution is 2.50. The Morgan fingerprint density at radius 1 is 1.00 bits per heavy atom. The number of benzene rings is 2. The zero-order valence-corrected chi connectivity index (χ0v) is 17.6. The molecular weight excluding hydrogens is 431 g/mol. The normalized spacial score (nSPS) is 16.5. The highest BCUT2D eigenvalue weighted by atomic mass is 19.4. The zero-order valence-electron chi connectivity index (χ0n) is 17.6. The molecule has 1 amide bonds. The molecule has 1 unspecified atom stereocenters. The number of fused-ring (bicyclic) bond motifs is 1. The van der Waals surface area contributed by atoms with Crippen molar-refractivity contribution in [3.63, 3.8) is 0 Å². The van der Waals surface area contributed by atoms with E-state index in [-0.39, 0.29) is 33.9 Å². The average molecular weight is 451 g/mol. The van der Waals surface area contributed by atoms with Crippen molar-refractivity contribution in [3.05, 3.63) is 52.6 Å². The fourth-order valence-corrected chi connectivity index (χ4v) is 3.51. The molecule has 1 aliphatic rings. The summed E-state index contributed by atoms with van der Waals surface area (Å²) < 4.78 is 60.1. The van der Waals surface area contributed by atoms with Crippen LogP contribution in [0.1, 0.15) is 27.5 Å². The number of rotatable bonds is 6. The van der Waals surface area contributed by atoms with E-state index in [9.17, 15) is 22.8 Å². The van der Waals surface area contributed by atoms with Crippen LogP contribution in [0.5, 0.6) is 23.0 Å². The molecule has 0 aliphatic heterocycles. The Labute approximate surface area is 181 Å². The molecule has 1 atom stereocenters. The number of carbonyl (C=O) groups is 2. The van der Waals surface area contributed by atoms with Crippen molar-refractivity contribution in [2.75, 3.05) is 28.4 Å². The van der Waals surface area contributed by atoms with E-state index >= 15 is 0 Å². The molecule has 170 valence electrons. The molecule has 0 aromatic heterocycles. The minimum Gasteiger partial charge on any atom is -0.497 e. The largest absolute Gasteiger partial charge is 0.497 e. The van der Waals surface area contributed by atoms with Gasteiger partial charge in [0, 0.05) is 5.57 Å². The molecule has 0 fully saturated rings. The topological polar surface area (TPSA) is 83.1 Å². The van der Waals surface area contributed by atoms with Crippen LogP contribution < -0.4 is 24.3 Å². The minimum absolute atomic E-state index is 0.00727. The first-order valence-electron chi connectivity index (χ1n) is 9.27. The molecule has 32 heavy (non-hydrogen) atoms. The van der Waals surface area contributed by atoms with E-state index in [1.807, 2.05) is 5.32 Å². The van der Waals surface area contributed by atoms with Crippen LogP contribution in [0, 0.1) is 0 Å². The maximum absolute atomic E-state index is 13.3. The standard InChI is InChI=1S/C22H20F3NO6/c1-29-12-7-5-6-11(8-12)9-14-17(26-21(28)22(23,24)25)13-10-15(30-2)19(31-3)20(32-4)16(13)18(14)27/h5-10,17H,1-4H3,(H,26,28)/b14-9+. The lowest BCUT2D eigenvalue weighted by atomic mass is 10.0. The number of halogens is 3. The summed E-state index contributed by atoms with van der Waals surface area (Å²) >= 11 is 0. The van der Waals surface area contributed by atoms with Gasteiger partial charge in [0.15, 0.2) is 17.3 Å². The first kappa shape index (κ1) is 23.0. The van der Waals surface area contributed by atoms with Crippen LogP contribution in [0.15, 0.2) is 35.9 Å². The van der Waals surface area contributed by atoms with E-state index < -0.39 is 23.9 Å². The Balaban J connectivity index is 2.24. The Hall–Kier alpha value is -3.69. The summed E-state index contributed by atoms with van der Waals surface area (Å²) in [4.78, 5) is 25.1. The zero-order chi connectivity index (χ0) is 23.6. The second-order valence-electron chi connectivity index (χ2n) is 6.72. The second kappa shape index (κ2) is 8.81. The van der Waals surface area contributed by atoms with Gasteiger partial charge in [0.05, 0.1) is 40.0 Å². The first-order valence-corrected chi connectivity index (χ1v) is 9.27. The number of ether oxygens (including phenoxy) is 4. The predicted octanol–water partition coefficient (Wildman–Crippen LogP) is 3.72. The number of methoxy groups -OCH3 is 4. The second-order valence-corrected chi connectivity index (χ2v) is 6.72. The number of amides is 1. The van der Waals surface area contributed by atoms with Gasteiger partial charge < -0.3 is 24.3 Å². The molecule has 2 aromatic carbocycles. The quantitative estimate of drug-likeness (QED) is 0.675. The van der Waals surface area contributed by atoms with Crippen LogP contribution in [-0.4, -0.2) is 46.3 Å². The van der Waals surface area contributed by atoms with Gasteiger partial charge in [-0.25, -0.2) is 0 Å². The number of hydrogen-bond donors (Lipinski definition) is 1. The van der Waals surface area contributed by atoms with Crippen molar-refractivity contribution >= 4 is 17.8 Å². The molecule has 3 rings (SSSR count). The molecule has 1 aliphatic carbocycles. The fraction of sp³-hybridized carbons (Fsp3) is 0.273. The molecule has 0 saturated carbocycles. The molecule has 1 N–H and O–H groups in total. The van der Waals surface area contributed by atoms with Gasteiger partial charge in [-0.2, -0.15) is 13.2 Å². The van der Waals surface area contributed by atoms with Crippen LogP contribution in [0.2, 0.25) is 0 Å². The smallest absolute Gasteiger partial charge is 0.471 e. The molecule has 2 aromatic rings. The Morgan fingerprint density at radius 3 is 2.25 bits per heavy atom. The van der Waals surface area contributed by atoms with Gasteiger partial charge in [-0.1, -0.05) is 12.1 Å². The Bertz CT molecular complexity index is 1090. The highest BCUT2D eigenvalue weighted by molar-refractivity contribution is 6.19. The van der Waals surface area contributed by atoms with Gasteiger partial charge in [0.25, 0.3) is 0 Å². The van der Waals surface area contributed by atoms with Crippen LogP contribution in [0.4, 0.5) is 13.2 Å². The van der Waals surface area contributed by atoms with Gasteiger partial charge in [-0.3, -0.25) is 9.59 Å². The van der Waals surface area contributed by atoms with Crippen molar-refractivity contribution in [2.45, 2.75) is 12.2 Å². The van der Waals surface area contributed by atoms with E-state index in [4.69, 9.17) is 18.9 Å². The van der Waals surface area contributed by atoms with Crippen molar-refractivity contribution in [1.29, 1.82) is 0 Å². The van der Waals surface area contributed by atoms with Gasteiger partial charge >= 0.3 is 12.1 Å². The minimum atomic E-state index is -5.15. The van der Waals surface area contributed by atoms with Crippen molar-refractivity contribution in [3.8, 4) is 23.0 Å². The molecule has 10 heteroatoms. The van der Waals surface area contributed by atoms with Crippen LogP contribution >= 0.6 is 0 Å². The third-order valence-electron chi connectivity index (χ3n) is 4.92. The maximum atomic E-state index is 13.3. The molecule has 0 radical (unpaired) electrons. The molecule has 0 heterocycles. The summed E-state index contributed by atoms with van der Waals surface area (Å²) in [6, 6.07) is 6.54. The van der Waals surface area contributed by atoms with Gasteiger partial charge in [0.2, 0.25) is 5.75 Å². The van der Waals surface area contributed by atoms with Crippen LogP contribution in [0.25, 0.3) is 6.08 Å². The average Bonchev–Trinajstić information content (AvgIpc) is 3.02. The Morgan fingerprint density at radius 2 is 1.69 bits per heavy atom. The van der Waals surface area contributed by atoms with Crippen molar-refractivity contribution in [1.82, 2.24) is 5.32 Å². The lowest BCUT2D eigenvalue weighted by Gasteiger charge is -2.19. The van der Waals surface area contributed by atoms with Crippen LogP contribution in [0.3, 0.4) is 0 Å². The van der Waals surface area contributed by atoms with E-state index in [1.165, 1.54) is 40.6 Å². The fourth-order valence-electron chi connectivity index (χ4n) is 3.51. The maximum Gasteiger partial charge on any atom is 0.471 e. The van der Waals surface area contributed by atoms with E-state index in [0.717, 1.165) is 0 Å². The van der Waals surface area contributed by atoms with Gasteiger partial charge in [-0.05, 0) is 35.4 Å². The number of ketones is 1. The summed E-state index contributed by atoms with van der Waals surface area (Å²) in [7, 11) is 5.41. The molecule has 0 bridgehead atoms. The third kappa shape index (κ3) is 4.08.